The van der Waals surface area contributed by atoms with Gasteiger partial charge in [0.25, 0.3) is 0 Å². The fourth-order valence-corrected chi connectivity index (χ4v) is 2.08. The number of nitrogens with zero attached hydrogens (tertiary/aromatic N) is 2. The van der Waals surface area contributed by atoms with Gasteiger partial charge in [-0.3, -0.25) is 0 Å². The highest BCUT2D eigenvalue weighted by molar-refractivity contribution is 5.85. The van der Waals surface area contributed by atoms with Gasteiger partial charge in [0, 0.05) is 5.69 Å². The third-order valence-corrected chi connectivity index (χ3v) is 2.90. The molecule has 0 saturated heterocycles. The normalized spacial score (nSPS) is 10.5. The number of carboxylic acids is 1. The molecule has 1 aromatic carbocycles. The van der Waals surface area contributed by atoms with E-state index < -0.39 is 5.97 Å². The lowest BCUT2D eigenvalue weighted by atomic mass is 10.2. The van der Waals surface area contributed by atoms with E-state index in [0.717, 1.165) is 24.2 Å². The van der Waals surface area contributed by atoms with Crippen molar-refractivity contribution >= 4 is 5.97 Å². The second kappa shape index (κ2) is 6.23. The summed E-state index contributed by atoms with van der Waals surface area (Å²) < 4.78 is 7.25. The Hall–Kier alpha value is -2.30. The topological polar surface area (TPSA) is 64.3 Å². The molecule has 2 rings (SSSR count). The van der Waals surface area contributed by atoms with E-state index in [9.17, 15) is 4.79 Å². The quantitative estimate of drug-likeness (QED) is 0.879. The van der Waals surface area contributed by atoms with Gasteiger partial charge in [0.2, 0.25) is 0 Å². The second-order valence-corrected chi connectivity index (χ2v) is 4.39. The first kappa shape index (κ1) is 14.1. The average Bonchev–Trinajstić information content (AvgIpc) is 2.84. The molecule has 0 radical (unpaired) electrons. The number of aromatic nitrogens is 2. The van der Waals surface area contributed by atoms with Gasteiger partial charge in [0.15, 0.2) is 5.69 Å². The van der Waals surface area contributed by atoms with Crippen LogP contribution in [0.2, 0.25) is 0 Å². The first-order chi connectivity index (χ1) is 9.67. The average molecular weight is 274 g/mol. The molecule has 0 atom stereocenters. The van der Waals surface area contributed by atoms with E-state index in [-0.39, 0.29) is 5.69 Å². The second-order valence-electron chi connectivity index (χ2n) is 4.39. The summed E-state index contributed by atoms with van der Waals surface area (Å²) in [5.74, 6) is -0.317. The van der Waals surface area contributed by atoms with Crippen LogP contribution in [0.3, 0.4) is 0 Å². The van der Waals surface area contributed by atoms with E-state index in [1.54, 1.807) is 10.7 Å². The Morgan fingerprint density at radius 1 is 1.35 bits per heavy atom. The summed E-state index contributed by atoms with van der Waals surface area (Å²) >= 11 is 0. The van der Waals surface area contributed by atoms with Crippen molar-refractivity contribution in [2.45, 2.75) is 26.7 Å². The molecule has 0 spiro atoms. The minimum atomic E-state index is -1.02. The van der Waals surface area contributed by atoms with Gasteiger partial charge in [-0.15, -0.1) is 0 Å². The van der Waals surface area contributed by atoms with Gasteiger partial charge in [-0.1, -0.05) is 25.5 Å². The van der Waals surface area contributed by atoms with Crippen molar-refractivity contribution in [3.05, 3.63) is 41.7 Å². The van der Waals surface area contributed by atoms with Crippen LogP contribution in [-0.4, -0.2) is 27.5 Å². The number of aromatic carboxylic acids is 1. The molecular weight excluding hydrogens is 256 g/mol. The number of rotatable bonds is 6. The molecule has 0 bridgehead atoms. The fraction of sp³-hybridized carbons (Fsp3) is 0.333. The molecule has 1 aromatic heterocycles. The van der Waals surface area contributed by atoms with Crippen molar-refractivity contribution < 1.29 is 14.6 Å². The molecule has 0 fully saturated rings. The van der Waals surface area contributed by atoms with Crippen LogP contribution in [0.1, 0.15) is 36.5 Å². The van der Waals surface area contributed by atoms with E-state index in [0.29, 0.717) is 12.4 Å². The van der Waals surface area contributed by atoms with E-state index in [2.05, 4.69) is 5.10 Å². The van der Waals surface area contributed by atoms with Crippen molar-refractivity contribution in [1.82, 2.24) is 9.78 Å². The van der Waals surface area contributed by atoms with E-state index in [4.69, 9.17) is 9.84 Å². The SMILES string of the molecule is CCCc1cc(C(=O)O)nn1-c1ccccc1OCC. The van der Waals surface area contributed by atoms with Crippen LogP contribution in [0.25, 0.3) is 5.69 Å². The maximum Gasteiger partial charge on any atom is 0.356 e. The molecule has 5 nitrogen and oxygen atoms in total. The Bertz CT molecular complexity index is 605. The molecule has 2 aromatic rings. The van der Waals surface area contributed by atoms with Crippen molar-refractivity contribution in [1.29, 1.82) is 0 Å². The van der Waals surface area contributed by atoms with Crippen LogP contribution in [0.5, 0.6) is 5.75 Å². The number of para-hydroxylation sites is 2. The first-order valence-corrected chi connectivity index (χ1v) is 6.71. The molecule has 1 N–H and O–H groups in total. The minimum absolute atomic E-state index is 0.0553. The Morgan fingerprint density at radius 3 is 2.75 bits per heavy atom. The standard InChI is InChI=1S/C15H18N2O3/c1-3-7-11-10-12(15(18)19)16-17(11)13-8-5-6-9-14(13)20-4-2/h5-6,8-10H,3-4,7H2,1-2H3,(H,18,19). The van der Waals surface area contributed by atoms with Crippen LogP contribution in [0.15, 0.2) is 30.3 Å². The lowest BCUT2D eigenvalue weighted by Gasteiger charge is -2.12. The molecule has 0 aliphatic rings. The summed E-state index contributed by atoms with van der Waals surface area (Å²) in [7, 11) is 0. The van der Waals surface area contributed by atoms with Crippen molar-refractivity contribution in [2.24, 2.45) is 0 Å². The van der Waals surface area contributed by atoms with E-state index >= 15 is 0 Å². The number of hydrogen-bond acceptors (Lipinski definition) is 3. The first-order valence-electron chi connectivity index (χ1n) is 6.71. The van der Waals surface area contributed by atoms with Gasteiger partial charge < -0.3 is 9.84 Å². The highest BCUT2D eigenvalue weighted by Gasteiger charge is 2.16. The molecule has 0 aliphatic carbocycles. The number of ether oxygens (including phenoxy) is 1. The van der Waals surface area contributed by atoms with Crippen LogP contribution in [0, 0.1) is 0 Å². The van der Waals surface area contributed by atoms with Crippen LogP contribution >= 0.6 is 0 Å². The Labute approximate surface area is 117 Å². The number of benzene rings is 1. The molecular formula is C15H18N2O3. The summed E-state index contributed by atoms with van der Waals surface area (Å²) in [5, 5.41) is 13.3. The number of carbonyl (C=O) groups is 1. The number of aryl methyl sites for hydroxylation is 1. The highest BCUT2D eigenvalue weighted by atomic mass is 16.5. The minimum Gasteiger partial charge on any atom is -0.492 e. The van der Waals surface area contributed by atoms with Gasteiger partial charge in [-0.05, 0) is 31.5 Å². The van der Waals surface area contributed by atoms with E-state index in [1.165, 1.54) is 0 Å². The maximum absolute atomic E-state index is 11.1. The van der Waals surface area contributed by atoms with Gasteiger partial charge in [-0.2, -0.15) is 5.10 Å². The Morgan fingerprint density at radius 2 is 2.10 bits per heavy atom. The predicted octanol–water partition coefficient (Wildman–Crippen LogP) is 2.92. The van der Waals surface area contributed by atoms with Gasteiger partial charge in [-0.25, -0.2) is 9.48 Å². The molecule has 1 heterocycles. The van der Waals surface area contributed by atoms with Gasteiger partial charge in [0.05, 0.1) is 6.61 Å². The smallest absolute Gasteiger partial charge is 0.356 e. The Balaban J connectivity index is 2.53. The summed E-state index contributed by atoms with van der Waals surface area (Å²) in [6.07, 6.45) is 1.68. The molecule has 5 heteroatoms. The number of carboxylic acid groups (broad SMARTS) is 1. The molecule has 0 aliphatic heterocycles. The van der Waals surface area contributed by atoms with Crippen LogP contribution in [0.4, 0.5) is 0 Å². The molecule has 0 unspecified atom stereocenters. The third kappa shape index (κ3) is 2.82. The largest absolute Gasteiger partial charge is 0.492 e. The zero-order valence-electron chi connectivity index (χ0n) is 11.7. The summed E-state index contributed by atoms with van der Waals surface area (Å²) in [4.78, 5) is 11.1. The summed E-state index contributed by atoms with van der Waals surface area (Å²) in [5.41, 5.74) is 1.70. The van der Waals surface area contributed by atoms with Gasteiger partial charge in [0.1, 0.15) is 11.4 Å². The summed E-state index contributed by atoms with van der Waals surface area (Å²) in [6, 6.07) is 9.12. The summed E-state index contributed by atoms with van der Waals surface area (Å²) in [6.45, 7) is 4.51. The van der Waals surface area contributed by atoms with E-state index in [1.807, 2.05) is 38.1 Å². The molecule has 106 valence electrons. The fourth-order valence-electron chi connectivity index (χ4n) is 2.08. The van der Waals surface area contributed by atoms with Crippen molar-refractivity contribution in [3.8, 4) is 11.4 Å². The third-order valence-electron chi connectivity index (χ3n) is 2.90. The van der Waals surface area contributed by atoms with Crippen LogP contribution < -0.4 is 4.74 Å². The molecule has 20 heavy (non-hydrogen) atoms. The monoisotopic (exact) mass is 274 g/mol. The number of hydrogen-bond donors (Lipinski definition) is 1. The van der Waals surface area contributed by atoms with Crippen molar-refractivity contribution in [2.75, 3.05) is 6.61 Å². The van der Waals surface area contributed by atoms with Crippen LogP contribution in [-0.2, 0) is 6.42 Å². The molecule has 0 saturated carbocycles. The maximum atomic E-state index is 11.1. The molecule has 0 amide bonds. The van der Waals surface area contributed by atoms with Gasteiger partial charge >= 0.3 is 5.97 Å². The van der Waals surface area contributed by atoms with Crippen molar-refractivity contribution in [3.63, 3.8) is 0 Å². The zero-order chi connectivity index (χ0) is 14.5. The lowest BCUT2D eigenvalue weighted by Crippen LogP contribution is -2.06. The Kier molecular flexibility index (Phi) is 4.40. The lowest BCUT2D eigenvalue weighted by molar-refractivity contribution is 0.0690. The zero-order valence-corrected chi connectivity index (χ0v) is 11.7. The highest BCUT2D eigenvalue weighted by Crippen LogP contribution is 2.24. The predicted molar refractivity (Wildman–Crippen MR) is 75.7 cm³/mol.